The number of hydrogen-bond acceptors (Lipinski definition) is 5. The second kappa shape index (κ2) is 12.3. The Morgan fingerprint density at radius 2 is 1.81 bits per heavy atom. The lowest BCUT2D eigenvalue weighted by Gasteiger charge is -2.30. The molecule has 3 aromatic rings. The highest BCUT2D eigenvalue weighted by Crippen LogP contribution is 2.28. The van der Waals surface area contributed by atoms with Crippen molar-refractivity contribution in [2.45, 2.75) is 51.0 Å². The van der Waals surface area contributed by atoms with E-state index in [-0.39, 0.29) is 24.6 Å². The number of carbonyl (C=O) groups is 1. The molecule has 3 atom stereocenters. The summed E-state index contributed by atoms with van der Waals surface area (Å²) in [5, 5.41) is 17.0. The normalized spacial score (nSPS) is 16.6. The van der Waals surface area contributed by atoms with Crippen molar-refractivity contribution in [3.8, 4) is 0 Å². The van der Waals surface area contributed by atoms with Gasteiger partial charge in [0.25, 0.3) is 0 Å². The lowest BCUT2D eigenvalue weighted by molar-refractivity contribution is 0.00414. The second-order valence-electron chi connectivity index (χ2n) is 9.57. The standard InChI is InChI=1S/C29H32F2N2O4/c1-18(2)20-8-9-21-16-36-17-26(25(21)13-20)32-15-27(34)28(12-19-10-22(30)14-23(31)11-19)37-29(35)33-24-6-4-3-5-7-24/h3-11,13-14,18,26-28,32,34H,12,15-17H2,1-2H3,(H,33,35)/t26?,27-,28+/m1/s1. The highest BCUT2D eigenvalue weighted by molar-refractivity contribution is 5.84. The molecule has 1 aliphatic heterocycles. The summed E-state index contributed by atoms with van der Waals surface area (Å²) in [6.07, 6.45) is -3.08. The summed E-state index contributed by atoms with van der Waals surface area (Å²) < 4.78 is 38.9. The molecular weight excluding hydrogens is 478 g/mol. The van der Waals surface area contributed by atoms with Crippen molar-refractivity contribution in [1.82, 2.24) is 5.32 Å². The number of aliphatic hydroxyl groups is 1. The van der Waals surface area contributed by atoms with Crippen molar-refractivity contribution < 1.29 is 28.2 Å². The van der Waals surface area contributed by atoms with E-state index in [2.05, 4.69) is 42.7 Å². The van der Waals surface area contributed by atoms with Crippen LogP contribution < -0.4 is 10.6 Å². The molecule has 196 valence electrons. The molecule has 1 unspecified atom stereocenters. The maximum absolute atomic E-state index is 13.8. The monoisotopic (exact) mass is 510 g/mol. The van der Waals surface area contributed by atoms with Gasteiger partial charge in [-0.15, -0.1) is 0 Å². The minimum Gasteiger partial charge on any atom is -0.443 e. The molecule has 0 saturated heterocycles. The molecule has 6 nitrogen and oxygen atoms in total. The van der Waals surface area contributed by atoms with Crippen molar-refractivity contribution >= 4 is 11.8 Å². The molecule has 0 aromatic heterocycles. The fourth-order valence-electron chi connectivity index (χ4n) is 4.39. The van der Waals surface area contributed by atoms with Gasteiger partial charge in [-0.3, -0.25) is 5.32 Å². The van der Waals surface area contributed by atoms with Crippen molar-refractivity contribution in [3.63, 3.8) is 0 Å². The van der Waals surface area contributed by atoms with Gasteiger partial charge in [-0.05, 0) is 52.4 Å². The van der Waals surface area contributed by atoms with E-state index in [9.17, 15) is 18.7 Å². The van der Waals surface area contributed by atoms with Gasteiger partial charge in [0, 0.05) is 24.7 Å². The molecule has 0 fully saturated rings. The summed E-state index contributed by atoms with van der Waals surface area (Å²) in [5.41, 5.74) is 4.18. The third-order valence-electron chi connectivity index (χ3n) is 6.39. The largest absolute Gasteiger partial charge is 0.443 e. The number of carbonyl (C=O) groups excluding carboxylic acids is 1. The SMILES string of the molecule is CC(C)c1ccc2c(c1)C(NC[C@@H](O)[C@H](Cc1cc(F)cc(F)c1)OC(=O)Nc1ccccc1)COC2. The van der Waals surface area contributed by atoms with Gasteiger partial charge in [-0.25, -0.2) is 13.6 Å². The number of fused-ring (bicyclic) bond motifs is 1. The third kappa shape index (κ3) is 7.35. The predicted octanol–water partition coefficient (Wildman–Crippen LogP) is 5.47. The Labute approximate surface area is 215 Å². The van der Waals surface area contributed by atoms with Crippen LogP contribution in [0.5, 0.6) is 0 Å². The van der Waals surface area contributed by atoms with Crippen LogP contribution >= 0.6 is 0 Å². The zero-order valence-electron chi connectivity index (χ0n) is 20.9. The lowest BCUT2D eigenvalue weighted by Crippen LogP contribution is -2.43. The summed E-state index contributed by atoms with van der Waals surface area (Å²) in [7, 11) is 0. The molecule has 3 aromatic carbocycles. The number of amides is 1. The van der Waals surface area contributed by atoms with E-state index < -0.39 is 29.9 Å². The number of aliphatic hydroxyl groups excluding tert-OH is 1. The highest BCUT2D eigenvalue weighted by atomic mass is 19.1. The first kappa shape index (κ1) is 26.7. The number of nitrogens with one attached hydrogen (secondary N) is 2. The lowest BCUT2D eigenvalue weighted by atomic mass is 9.92. The number of benzene rings is 3. The van der Waals surface area contributed by atoms with Gasteiger partial charge in [0.05, 0.1) is 19.3 Å². The highest BCUT2D eigenvalue weighted by Gasteiger charge is 2.27. The molecule has 8 heteroatoms. The quantitative estimate of drug-likeness (QED) is 0.356. The minimum atomic E-state index is -1.16. The predicted molar refractivity (Wildman–Crippen MR) is 137 cm³/mol. The smallest absolute Gasteiger partial charge is 0.411 e. The molecule has 0 aliphatic carbocycles. The van der Waals surface area contributed by atoms with E-state index in [1.165, 1.54) is 5.56 Å². The number of hydrogen-bond donors (Lipinski definition) is 3. The van der Waals surface area contributed by atoms with Crippen molar-refractivity contribution in [1.29, 1.82) is 0 Å². The van der Waals surface area contributed by atoms with Crippen molar-refractivity contribution in [3.05, 3.63) is 101 Å². The first-order valence-electron chi connectivity index (χ1n) is 12.4. The van der Waals surface area contributed by atoms with Crippen LogP contribution in [-0.4, -0.2) is 36.6 Å². The molecule has 4 rings (SSSR count). The van der Waals surface area contributed by atoms with Crippen LogP contribution in [0.1, 0.15) is 48.1 Å². The maximum Gasteiger partial charge on any atom is 0.411 e. The van der Waals surface area contributed by atoms with Gasteiger partial charge in [0.1, 0.15) is 23.8 Å². The van der Waals surface area contributed by atoms with E-state index in [0.717, 1.165) is 29.3 Å². The fraction of sp³-hybridized carbons (Fsp3) is 0.345. The van der Waals surface area contributed by atoms with Gasteiger partial charge in [0.2, 0.25) is 0 Å². The number of anilines is 1. The molecular formula is C29H32F2N2O4. The summed E-state index contributed by atoms with van der Waals surface area (Å²) in [5.74, 6) is -1.12. The molecule has 0 radical (unpaired) electrons. The van der Waals surface area contributed by atoms with Crippen LogP contribution in [0.4, 0.5) is 19.3 Å². The number of rotatable bonds is 9. The van der Waals surface area contributed by atoms with Crippen LogP contribution in [-0.2, 0) is 22.5 Å². The van der Waals surface area contributed by atoms with Crippen LogP contribution in [0.15, 0.2) is 66.7 Å². The Morgan fingerprint density at radius 1 is 1.08 bits per heavy atom. The Balaban J connectivity index is 1.48. The van der Waals surface area contributed by atoms with Gasteiger partial charge in [0.15, 0.2) is 0 Å². The molecule has 3 N–H and O–H groups in total. The van der Waals surface area contributed by atoms with Crippen LogP contribution in [0, 0.1) is 11.6 Å². The molecule has 1 amide bonds. The minimum absolute atomic E-state index is 0.0699. The number of para-hydroxylation sites is 1. The molecule has 1 aliphatic rings. The molecule has 0 bridgehead atoms. The molecule has 1 heterocycles. The number of halogens is 2. The summed E-state index contributed by atoms with van der Waals surface area (Å²) in [6, 6.07) is 18.0. The first-order valence-corrected chi connectivity index (χ1v) is 12.4. The van der Waals surface area contributed by atoms with E-state index in [0.29, 0.717) is 24.8 Å². The van der Waals surface area contributed by atoms with Crippen molar-refractivity contribution in [2.75, 3.05) is 18.5 Å². The second-order valence-corrected chi connectivity index (χ2v) is 9.57. The van der Waals surface area contributed by atoms with Gasteiger partial charge in [-0.2, -0.15) is 0 Å². The zero-order valence-corrected chi connectivity index (χ0v) is 20.9. The molecule has 0 spiro atoms. The van der Waals surface area contributed by atoms with E-state index >= 15 is 0 Å². The average molecular weight is 511 g/mol. The average Bonchev–Trinajstić information content (AvgIpc) is 2.86. The maximum atomic E-state index is 13.8. The molecule has 37 heavy (non-hydrogen) atoms. The van der Waals surface area contributed by atoms with Crippen LogP contribution in [0.2, 0.25) is 0 Å². The Kier molecular flexibility index (Phi) is 8.87. The van der Waals surface area contributed by atoms with Crippen LogP contribution in [0.3, 0.4) is 0 Å². The Morgan fingerprint density at radius 3 is 2.51 bits per heavy atom. The number of ether oxygens (including phenoxy) is 2. The van der Waals surface area contributed by atoms with Gasteiger partial charge < -0.3 is 19.9 Å². The fourth-order valence-corrected chi connectivity index (χ4v) is 4.39. The van der Waals surface area contributed by atoms with E-state index in [1.807, 2.05) is 6.07 Å². The first-order chi connectivity index (χ1) is 17.8. The van der Waals surface area contributed by atoms with E-state index in [4.69, 9.17) is 9.47 Å². The Hall–Kier alpha value is -3.33. The molecule has 0 saturated carbocycles. The topological polar surface area (TPSA) is 79.8 Å². The third-order valence-corrected chi connectivity index (χ3v) is 6.39. The van der Waals surface area contributed by atoms with Crippen molar-refractivity contribution in [2.24, 2.45) is 0 Å². The van der Waals surface area contributed by atoms with E-state index in [1.54, 1.807) is 24.3 Å². The summed E-state index contributed by atoms with van der Waals surface area (Å²) in [4.78, 5) is 12.6. The zero-order chi connectivity index (χ0) is 26.4. The Bertz CT molecular complexity index is 1190. The summed E-state index contributed by atoms with van der Waals surface area (Å²) in [6.45, 7) is 5.28. The van der Waals surface area contributed by atoms with Gasteiger partial charge >= 0.3 is 6.09 Å². The summed E-state index contributed by atoms with van der Waals surface area (Å²) >= 11 is 0. The van der Waals surface area contributed by atoms with Gasteiger partial charge in [-0.1, -0.05) is 50.2 Å². The van der Waals surface area contributed by atoms with Crippen LogP contribution in [0.25, 0.3) is 0 Å².